The van der Waals surface area contributed by atoms with E-state index in [1.807, 2.05) is 24.3 Å². The second-order valence-electron chi connectivity index (χ2n) is 9.18. The van der Waals surface area contributed by atoms with Crippen LogP contribution < -0.4 is 5.32 Å². The maximum absolute atomic E-state index is 6.25. The van der Waals surface area contributed by atoms with Gasteiger partial charge in [-0.25, -0.2) is 9.97 Å². The molecular weight excluding hydrogens is 451 g/mol. The molecule has 1 aliphatic rings. The third kappa shape index (κ3) is 5.12. The molecule has 0 bridgehead atoms. The number of para-hydroxylation sites is 1. The minimum Gasteiger partial charge on any atom is -0.339 e. The Morgan fingerprint density at radius 2 is 1.48 bits per heavy atom. The zero-order valence-corrected chi connectivity index (χ0v) is 20.4. The Morgan fingerprint density at radius 3 is 2.21 bits per heavy atom. The van der Waals surface area contributed by atoms with Crippen LogP contribution in [0, 0.1) is 0 Å². The van der Waals surface area contributed by atoms with E-state index in [-0.39, 0.29) is 0 Å². The third-order valence-electron chi connectivity index (χ3n) is 6.77. The molecule has 5 rings (SSSR count). The van der Waals surface area contributed by atoms with Gasteiger partial charge in [-0.05, 0) is 37.1 Å². The molecule has 1 saturated carbocycles. The number of aromatic nitrogens is 3. The van der Waals surface area contributed by atoms with Gasteiger partial charge in [-0.15, -0.1) is 0 Å². The molecule has 0 atom stereocenters. The van der Waals surface area contributed by atoms with Crippen LogP contribution in [-0.4, -0.2) is 15.0 Å². The van der Waals surface area contributed by atoms with Gasteiger partial charge in [-0.1, -0.05) is 92.8 Å². The summed E-state index contributed by atoms with van der Waals surface area (Å²) in [5.41, 5.74) is 3.70. The molecule has 0 unspecified atom stereocenters. The van der Waals surface area contributed by atoms with Gasteiger partial charge in [-0.2, -0.15) is 0 Å². The van der Waals surface area contributed by atoms with Crippen LogP contribution in [0.4, 0.5) is 11.5 Å². The van der Waals surface area contributed by atoms with Gasteiger partial charge >= 0.3 is 0 Å². The first-order chi connectivity index (χ1) is 16.2. The van der Waals surface area contributed by atoms with E-state index in [9.17, 15) is 0 Å². The molecular formula is C27H30Cl2N4. The molecule has 2 aromatic carbocycles. The summed E-state index contributed by atoms with van der Waals surface area (Å²) in [6.07, 6.45) is 13.1. The van der Waals surface area contributed by atoms with Crippen molar-refractivity contribution in [2.45, 2.75) is 70.1 Å². The largest absolute Gasteiger partial charge is 0.339 e. The minimum atomic E-state index is 0.465. The van der Waals surface area contributed by atoms with E-state index in [1.165, 1.54) is 64.2 Å². The number of hydrogen-bond donors (Lipinski definition) is 2. The highest BCUT2D eigenvalue weighted by Crippen LogP contribution is 2.35. The lowest BCUT2D eigenvalue weighted by Gasteiger charge is -2.14. The van der Waals surface area contributed by atoms with E-state index >= 15 is 0 Å². The number of hydrogen-bond acceptors (Lipinski definition) is 3. The number of imidazole rings is 1. The number of fused-ring (bicyclic) bond motifs is 3. The van der Waals surface area contributed by atoms with Crippen molar-refractivity contribution in [3.8, 4) is 0 Å². The van der Waals surface area contributed by atoms with Crippen LogP contribution in [0.25, 0.3) is 21.9 Å². The Labute approximate surface area is 205 Å². The van der Waals surface area contributed by atoms with Crippen LogP contribution in [0.5, 0.6) is 0 Å². The van der Waals surface area contributed by atoms with Crippen molar-refractivity contribution in [2.24, 2.45) is 0 Å². The number of anilines is 2. The molecule has 2 aromatic heterocycles. The Balaban J connectivity index is 1.55. The van der Waals surface area contributed by atoms with Crippen molar-refractivity contribution in [2.75, 3.05) is 5.32 Å². The number of benzene rings is 2. The summed E-state index contributed by atoms with van der Waals surface area (Å²) in [4.78, 5) is 13.8. The van der Waals surface area contributed by atoms with Crippen molar-refractivity contribution in [1.82, 2.24) is 15.0 Å². The monoisotopic (exact) mass is 480 g/mol. The number of H-pyrrole nitrogens is 1. The van der Waals surface area contributed by atoms with Crippen molar-refractivity contribution in [3.63, 3.8) is 0 Å². The predicted molar refractivity (Wildman–Crippen MR) is 140 cm³/mol. The molecule has 4 aromatic rings. The number of pyridine rings is 1. The molecule has 0 amide bonds. The van der Waals surface area contributed by atoms with E-state index in [1.54, 1.807) is 6.07 Å². The highest BCUT2D eigenvalue weighted by atomic mass is 35.5. The van der Waals surface area contributed by atoms with Crippen molar-refractivity contribution in [3.05, 3.63) is 58.3 Å². The van der Waals surface area contributed by atoms with Crippen LogP contribution in [0.15, 0.2) is 42.5 Å². The van der Waals surface area contributed by atoms with Gasteiger partial charge < -0.3 is 10.3 Å². The van der Waals surface area contributed by atoms with Crippen LogP contribution >= 0.6 is 23.2 Å². The molecule has 0 spiro atoms. The van der Waals surface area contributed by atoms with Crippen LogP contribution in [0.3, 0.4) is 0 Å². The summed E-state index contributed by atoms with van der Waals surface area (Å²) in [5, 5.41) is 5.57. The highest BCUT2D eigenvalue weighted by molar-refractivity contribution is 6.42. The molecule has 33 heavy (non-hydrogen) atoms. The lowest BCUT2D eigenvalue weighted by molar-refractivity contribution is 0.498. The lowest BCUT2D eigenvalue weighted by Crippen LogP contribution is -2.02. The molecule has 1 fully saturated rings. The highest BCUT2D eigenvalue weighted by Gasteiger charge is 2.20. The van der Waals surface area contributed by atoms with Gasteiger partial charge in [0.15, 0.2) is 5.82 Å². The second-order valence-corrected chi connectivity index (χ2v) is 9.99. The van der Waals surface area contributed by atoms with Gasteiger partial charge in [0.05, 0.1) is 15.6 Å². The first-order valence-electron chi connectivity index (χ1n) is 12.2. The summed E-state index contributed by atoms with van der Waals surface area (Å²) in [6.45, 7) is 0. The number of rotatable bonds is 3. The summed E-state index contributed by atoms with van der Waals surface area (Å²) < 4.78 is 0. The number of nitrogens with zero attached hydrogens (tertiary/aromatic N) is 2. The standard InChI is InChI=1S/C27H30Cl2N4/c28-21-16-15-19(17-22(21)29)30-27-25-24(20-13-9-10-14-23(20)31-27)32-26(33-25)18-11-7-5-3-1-2-4-6-8-12-18/h9-10,13-18H,1-8,11-12H2,(H,30,31)(H,32,33). The number of aromatic amines is 1. The molecule has 6 heteroatoms. The fourth-order valence-corrected chi connectivity index (χ4v) is 5.26. The molecule has 1 aliphatic carbocycles. The molecule has 0 saturated heterocycles. The van der Waals surface area contributed by atoms with Crippen LogP contribution in [-0.2, 0) is 0 Å². The molecule has 172 valence electrons. The fourth-order valence-electron chi connectivity index (χ4n) is 4.96. The zero-order chi connectivity index (χ0) is 22.6. The van der Waals surface area contributed by atoms with Gasteiger partial charge in [0.2, 0.25) is 0 Å². The maximum Gasteiger partial charge on any atom is 0.157 e. The summed E-state index contributed by atoms with van der Waals surface area (Å²) in [7, 11) is 0. The van der Waals surface area contributed by atoms with Crippen molar-refractivity contribution >= 4 is 56.6 Å². The van der Waals surface area contributed by atoms with Gasteiger partial charge in [-0.3, -0.25) is 0 Å². The molecule has 0 radical (unpaired) electrons. The van der Waals surface area contributed by atoms with E-state index in [0.717, 1.165) is 39.3 Å². The molecule has 2 N–H and O–H groups in total. The Bertz CT molecular complexity index is 1240. The fraction of sp³-hybridized carbons (Fsp3) is 0.407. The Morgan fingerprint density at radius 1 is 0.788 bits per heavy atom. The summed E-state index contributed by atoms with van der Waals surface area (Å²) >= 11 is 12.4. The van der Waals surface area contributed by atoms with E-state index in [2.05, 4.69) is 22.4 Å². The van der Waals surface area contributed by atoms with Gasteiger partial charge in [0, 0.05) is 17.0 Å². The molecule has 2 heterocycles. The predicted octanol–water partition coefficient (Wildman–Crippen LogP) is 9.16. The number of halogens is 2. The van der Waals surface area contributed by atoms with Crippen molar-refractivity contribution in [1.29, 1.82) is 0 Å². The topological polar surface area (TPSA) is 53.6 Å². The average Bonchev–Trinajstić information content (AvgIpc) is 3.24. The first kappa shape index (κ1) is 22.5. The SMILES string of the molecule is Clc1ccc(Nc2nc3ccccc3c3nc(C4CCCCCCCCCC4)[nH]c23)cc1Cl. The summed E-state index contributed by atoms with van der Waals surface area (Å²) in [5.74, 6) is 2.32. The minimum absolute atomic E-state index is 0.465. The smallest absolute Gasteiger partial charge is 0.157 e. The zero-order valence-electron chi connectivity index (χ0n) is 18.8. The quantitative estimate of drug-likeness (QED) is 0.307. The van der Waals surface area contributed by atoms with Gasteiger partial charge in [0.25, 0.3) is 0 Å². The summed E-state index contributed by atoms with van der Waals surface area (Å²) in [6, 6.07) is 13.8. The normalized spacial score (nSPS) is 16.7. The van der Waals surface area contributed by atoms with Crippen LogP contribution in [0.2, 0.25) is 10.0 Å². The van der Waals surface area contributed by atoms with E-state index < -0.39 is 0 Å². The Kier molecular flexibility index (Phi) is 7.03. The number of nitrogens with one attached hydrogen (secondary N) is 2. The lowest BCUT2D eigenvalue weighted by atomic mass is 9.95. The average molecular weight is 481 g/mol. The second kappa shape index (κ2) is 10.3. The molecule has 0 aliphatic heterocycles. The maximum atomic E-state index is 6.25. The van der Waals surface area contributed by atoms with Crippen molar-refractivity contribution < 1.29 is 0 Å². The van der Waals surface area contributed by atoms with Gasteiger partial charge in [0.1, 0.15) is 16.9 Å². The van der Waals surface area contributed by atoms with E-state index in [4.69, 9.17) is 33.2 Å². The first-order valence-corrected chi connectivity index (χ1v) is 12.9. The third-order valence-corrected chi connectivity index (χ3v) is 7.51. The van der Waals surface area contributed by atoms with Crippen LogP contribution in [0.1, 0.15) is 76.0 Å². The Hall–Kier alpha value is -2.30. The molecule has 4 nitrogen and oxygen atoms in total. The van der Waals surface area contributed by atoms with E-state index in [0.29, 0.717) is 16.0 Å².